The number of aromatic carboxylic acids is 1. The predicted octanol–water partition coefficient (Wildman–Crippen LogP) is 5.27. The van der Waals surface area contributed by atoms with Gasteiger partial charge in [0.2, 0.25) is 0 Å². The van der Waals surface area contributed by atoms with E-state index in [0.717, 1.165) is 27.6 Å². The topological polar surface area (TPSA) is 88.5 Å². The number of ether oxygens (including phenoxy) is 1. The van der Waals surface area contributed by atoms with E-state index in [9.17, 15) is 9.59 Å². The highest BCUT2D eigenvalue weighted by Crippen LogP contribution is 2.32. The Bertz CT molecular complexity index is 1310. The maximum absolute atomic E-state index is 12.8. The zero-order valence-electron chi connectivity index (χ0n) is 17.8. The molecule has 0 saturated heterocycles. The van der Waals surface area contributed by atoms with Crippen molar-refractivity contribution in [2.45, 2.75) is 20.4 Å². The molecule has 1 aromatic heterocycles. The van der Waals surface area contributed by atoms with Crippen LogP contribution in [0.5, 0.6) is 11.5 Å². The number of carbonyl (C=O) groups excluding carboxylic acids is 1. The molecule has 160 valence electrons. The Balaban J connectivity index is 1.52. The molecule has 0 saturated carbocycles. The van der Waals surface area contributed by atoms with Crippen molar-refractivity contribution < 1.29 is 19.4 Å². The van der Waals surface area contributed by atoms with E-state index in [2.05, 4.69) is 10.3 Å². The van der Waals surface area contributed by atoms with Gasteiger partial charge in [-0.05, 0) is 67.4 Å². The maximum Gasteiger partial charge on any atom is 0.335 e. The minimum absolute atomic E-state index is 0.208. The summed E-state index contributed by atoms with van der Waals surface area (Å²) in [6.07, 6.45) is 1.71. The number of hydrogen-bond donors (Lipinski definition) is 2. The Hall–Kier alpha value is -4.19. The summed E-state index contributed by atoms with van der Waals surface area (Å²) in [6, 6.07) is 19.6. The molecule has 6 nitrogen and oxygen atoms in total. The van der Waals surface area contributed by atoms with Crippen molar-refractivity contribution in [3.63, 3.8) is 0 Å². The van der Waals surface area contributed by atoms with Gasteiger partial charge in [0.15, 0.2) is 0 Å². The summed E-state index contributed by atoms with van der Waals surface area (Å²) in [5, 5.41) is 12.8. The molecule has 0 atom stereocenters. The van der Waals surface area contributed by atoms with E-state index in [0.29, 0.717) is 17.1 Å². The molecule has 32 heavy (non-hydrogen) atoms. The predicted molar refractivity (Wildman–Crippen MR) is 122 cm³/mol. The van der Waals surface area contributed by atoms with Crippen LogP contribution in [-0.2, 0) is 6.54 Å². The second kappa shape index (κ2) is 8.89. The Morgan fingerprint density at radius 1 is 0.969 bits per heavy atom. The smallest absolute Gasteiger partial charge is 0.335 e. The number of nitrogens with zero attached hydrogens (tertiary/aromatic N) is 1. The minimum atomic E-state index is -0.981. The van der Waals surface area contributed by atoms with E-state index in [-0.39, 0.29) is 18.0 Å². The van der Waals surface area contributed by atoms with Gasteiger partial charge in [-0.1, -0.05) is 24.3 Å². The fraction of sp³-hybridized carbons (Fsp3) is 0.115. The number of carboxylic acids is 1. The number of aryl methyl sites for hydroxylation is 1. The summed E-state index contributed by atoms with van der Waals surface area (Å²) < 4.78 is 6.18. The van der Waals surface area contributed by atoms with Gasteiger partial charge >= 0.3 is 5.97 Å². The normalized spacial score (nSPS) is 10.7. The fourth-order valence-electron chi connectivity index (χ4n) is 3.45. The SMILES string of the molecule is Cc1ccc2c(Oc3cccc(C(=O)NCc4ccc(C(=O)O)cc4)c3C)ccnc2c1. The molecule has 4 aromatic rings. The number of amides is 1. The summed E-state index contributed by atoms with van der Waals surface area (Å²) in [5.41, 5.74) is 4.23. The molecule has 0 unspecified atom stereocenters. The standard InChI is InChI=1S/C26H22N2O4/c1-16-6-11-21-22(14-16)27-13-12-24(21)32-23-5-3-4-20(17(23)2)25(29)28-15-18-7-9-19(10-8-18)26(30)31/h3-14H,15H2,1-2H3,(H,28,29)(H,30,31). The Labute approximate surface area is 185 Å². The van der Waals surface area contributed by atoms with Crippen LogP contribution in [0.3, 0.4) is 0 Å². The molecule has 0 aliphatic carbocycles. The highest BCUT2D eigenvalue weighted by molar-refractivity contribution is 5.96. The van der Waals surface area contributed by atoms with E-state index in [1.54, 1.807) is 30.5 Å². The fourth-order valence-corrected chi connectivity index (χ4v) is 3.45. The highest BCUT2D eigenvalue weighted by atomic mass is 16.5. The summed E-state index contributed by atoms with van der Waals surface area (Å²) in [7, 11) is 0. The molecule has 1 heterocycles. The van der Waals surface area contributed by atoms with Crippen molar-refractivity contribution in [1.29, 1.82) is 0 Å². The summed E-state index contributed by atoms with van der Waals surface area (Å²) in [4.78, 5) is 28.2. The number of carbonyl (C=O) groups is 2. The lowest BCUT2D eigenvalue weighted by atomic mass is 10.1. The van der Waals surface area contributed by atoms with Crippen LogP contribution in [0.4, 0.5) is 0 Å². The lowest BCUT2D eigenvalue weighted by Gasteiger charge is -2.14. The Kier molecular flexibility index (Phi) is 5.85. The third-order valence-corrected chi connectivity index (χ3v) is 5.26. The molecular formula is C26H22N2O4. The van der Waals surface area contributed by atoms with Crippen LogP contribution in [0.15, 0.2) is 72.9 Å². The molecule has 0 radical (unpaired) electrons. The Morgan fingerprint density at radius 2 is 1.75 bits per heavy atom. The molecule has 2 N–H and O–H groups in total. The van der Waals surface area contributed by atoms with Crippen LogP contribution >= 0.6 is 0 Å². The molecular weight excluding hydrogens is 404 g/mol. The minimum Gasteiger partial charge on any atom is -0.478 e. The third kappa shape index (κ3) is 4.44. The van der Waals surface area contributed by atoms with Gasteiger partial charge in [0.25, 0.3) is 5.91 Å². The van der Waals surface area contributed by atoms with E-state index in [4.69, 9.17) is 9.84 Å². The van der Waals surface area contributed by atoms with Crippen LogP contribution in [0.1, 0.15) is 37.4 Å². The first kappa shape index (κ1) is 21.1. The molecule has 0 fully saturated rings. The summed E-state index contributed by atoms with van der Waals surface area (Å²) in [6.45, 7) is 4.15. The average Bonchev–Trinajstić information content (AvgIpc) is 2.79. The molecule has 1 amide bonds. The number of pyridine rings is 1. The van der Waals surface area contributed by atoms with Gasteiger partial charge in [-0.15, -0.1) is 0 Å². The number of hydrogen-bond acceptors (Lipinski definition) is 4. The second-order valence-electron chi connectivity index (χ2n) is 7.55. The molecule has 0 bridgehead atoms. The zero-order chi connectivity index (χ0) is 22.7. The van der Waals surface area contributed by atoms with Crippen molar-refractivity contribution in [3.05, 3.63) is 101 Å². The number of carboxylic acid groups (broad SMARTS) is 1. The van der Waals surface area contributed by atoms with Crippen molar-refractivity contribution >= 4 is 22.8 Å². The number of nitrogens with one attached hydrogen (secondary N) is 1. The summed E-state index contributed by atoms with van der Waals surface area (Å²) in [5.74, 6) is 0.0568. The van der Waals surface area contributed by atoms with E-state index in [1.165, 1.54) is 12.1 Å². The van der Waals surface area contributed by atoms with Crippen LogP contribution < -0.4 is 10.1 Å². The van der Waals surface area contributed by atoms with Crippen molar-refractivity contribution in [2.24, 2.45) is 0 Å². The van der Waals surface area contributed by atoms with E-state index >= 15 is 0 Å². The van der Waals surface area contributed by atoms with Gasteiger partial charge in [-0.3, -0.25) is 9.78 Å². The van der Waals surface area contributed by atoms with Gasteiger partial charge in [0.05, 0.1) is 11.1 Å². The lowest BCUT2D eigenvalue weighted by molar-refractivity contribution is 0.0696. The van der Waals surface area contributed by atoms with Crippen molar-refractivity contribution in [1.82, 2.24) is 10.3 Å². The number of benzene rings is 3. The van der Waals surface area contributed by atoms with Crippen LogP contribution in [0, 0.1) is 13.8 Å². The van der Waals surface area contributed by atoms with Crippen LogP contribution in [-0.4, -0.2) is 22.0 Å². The molecule has 0 aliphatic rings. The first-order valence-electron chi connectivity index (χ1n) is 10.2. The molecule has 6 heteroatoms. The first-order valence-corrected chi connectivity index (χ1v) is 10.2. The van der Waals surface area contributed by atoms with Gasteiger partial charge in [-0.2, -0.15) is 0 Å². The van der Waals surface area contributed by atoms with Gasteiger partial charge < -0.3 is 15.2 Å². The first-order chi connectivity index (χ1) is 15.4. The average molecular weight is 426 g/mol. The van der Waals surface area contributed by atoms with Crippen LogP contribution in [0.25, 0.3) is 10.9 Å². The largest absolute Gasteiger partial charge is 0.478 e. The molecule has 4 rings (SSSR count). The molecule has 3 aromatic carbocycles. The van der Waals surface area contributed by atoms with Crippen molar-refractivity contribution in [2.75, 3.05) is 0 Å². The summed E-state index contributed by atoms with van der Waals surface area (Å²) >= 11 is 0. The number of rotatable bonds is 6. The van der Waals surface area contributed by atoms with Gasteiger partial charge in [0, 0.05) is 29.3 Å². The maximum atomic E-state index is 12.8. The highest BCUT2D eigenvalue weighted by Gasteiger charge is 2.14. The third-order valence-electron chi connectivity index (χ3n) is 5.26. The van der Waals surface area contributed by atoms with Gasteiger partial charge in [0.1, 0.15) is 11.5 Å². The number of fused-ring (bicyclic) bond motifs is 1. The Morgan fingerprint density at radius 3 is 2.50 bits per heavy atom. The van der Waals surface area contributed by atoms with Gasteiger partial charge in [-0.25, -0.2) is 4.79 Å². The van der Waals surface area contributed by atoms with E-state index < -0.39 is 5.97 Å². The quantitative estimate of drug-likeness (QED) is 0.438. The molecule has 0 spiro atoms. The van der Waals surface area contributed by atoms with Crippen molar-refractivity contribution in [3.8, 4) is 11.5 Å². The van der Waals surface area contributed by atoms with E-state index in [1.807, 2.05) is 44.2 Å². The monoisotopic (exact) mass is 426 g/mol. The molecule has 0 aliphatic heterocycles. The zero-order valence-corrected chi connectivity index (χ0v) is 17.8. The number of aromatic nitrogens is 1. The lowest BCUT2D eigenvalue weighted by Crippen LogP contribution is -2.23. The second-order valence-corrected chi connectivity index (χ2v) is 7.55. The van der Waals surface area contributed by atoms with Crippen LogP contribution in [0.2, 0.25) is 0 Å².